The largest absolute Gasteiger partial charge is 0.490 e. The second-order valence-electron chi connectivity index (χ2n) is 5.39. The van der Waals surface area contributed by atoms with E-state index in [4.69, 9.17) is 9.47 Å². The Morgan fingerprint density at radius 3 is 2.71 bits per heavy atom. The fourth-order valence-corrected chi connectivity index (χ4v) is 2.68. The van der Waals surface area contributed by atoms with Gasteiger partial charge in [0, 0.05) is 7.11 Å². The van der Waals surface area contributed by atoms with Crippen LogP contribution in [0.25, 0.3) is 0 Å². The summed E-state index contributed by atoms with van der Waals surface area (Å²) in [6, 6.07) is 6.36. The molecule has 0 saturated carbocycles. The predicted octanol–water partition coefficient (Wildman–Crippen LogP) is 4.04. The first-order valence-electron chi connectivity index (χ1n) is 7.78. The molecule has 4 heteroatoms. The van der Waals surface area contributed by atoms with Gasteiger partial charge in [0.05, 0.1) is 11.1 Å². The Morgan fingerprint density at radius 1 is 1.24 bits per heavy atom. The van der Waals surface area contributed by atoms with Gasteiger partial charge in [-0.2, -0.15) is 0 Å². The lowest BCUT2D eigenvalue weighted by atomic mass is 9.98. The third kappa shape index (κ3) is 7.84. The van der Waals surface area contributed by atoms with Crippen LogP contribution in [0, 0.1) is 5.92 Å². The van der Waals surface area contributed by atoms with Crippen LogP contribution in [0.4, 0.5) is 0 Å². The minimum Gasteiger partial charge on any atom is -0.490 e. The zero-order valence-corrected chi connectivity index (χ0v) is 15.0. The van der Waals surface area contributed by atoms with Crippen molar-refractivity contribution in [2.75, 3.05) is 33.4 Å². The molecule has 1 rings (SSSR count). The number of nitrogens with one attached hydrogen (secondary N) is 1. The molecule has 1 N–H and O–H groups in total. The van der Waals surface area contributed by atoms with Crippen LogP contribution >= 0.6 is 15.9 Å². The quantitative estimate of drug-likeness (QED) is 0.606. The zero-order valence-electron chi connectivity index (χ0n) is 13.5. The minimum atomic E-state index is 0.579. The molecule has 0 heterocycles. The average molecular weight is 358 g/mol. The molecule has 0 aliphatic heterocycles. The molecule has 120 valence electrons. The highest BCUT2D eigenvalue weighted by Gasteiger charge is 2.06. The third-order valence-electron chi connectivity index (χ3n) is 3.53. The first-order chi connectivity index (χ1) is 10.2. The van der Waals surface area contributed by atoms with E-state index >= 15 is 0 Å². The average Bonchev–Trinajstić information content (AvgIpc) is 2.47. The van der Waals surface area contributed by atoms with Gasteiger partial charge in [0.25, 0.3) is 0 Å². The second kappa shape index (κ2) is 11.0. The van der Waals surface area contributed by atoms with Crippen molar-refractivity contribution in [2.45, 2.75) is 33.1 Å². The number of methoxy groups -OCH3 is 1. The molecule has 0 spiro atoms. The van der Waals surface area contributed by atoms with Crippen molar-refractivity contribution in [2.24, 2.45) is 5.92 Å². The lowest BCUT2D eigenvalue weighted by molar-refractivity contribution is 0.146. The van der Waals surface area contributed by atoms with Crippen molar-refractivity contribution < 1.29 is 9.47 Å². The molecule has 21 heavy (non-hydrogen) atoms. The fourth-order valence-electron chi connectivity index (χ4n) is 2.13. The molecule has 1 aromatic carbocycles. The number of rotatable bonds is 11. The van der Waals surface area contributed by atoms with Gasteiger partial charge in [-0.25, -0.2) is 0 Å². The predicted molar refractivity (Wildman–Crippen MR) is 92.2 cm³/mol. The SMILES string of the molecule is CCNCCC(C)CCc1ccc(OCCOC)c(Br)c1. The number of halogens is 1. The maximum Gasteiger partial charge on any atom is 0.133 e. The van der Waals surface area contributed by atoms with E-state index in [-0.39, 0.29) is 0 Å². The Kier molecular flexibility index (Phi) is 9.72. The van der Waals surface area contributed by atoms with Gasteiger partial charge < -0.3 is 14.8 Å². The Labute approximate surface area is 137 Å². The monoisotopic (exact) mass is 357 g/mol. The molecule has 0 amide bonds. The van der Waals surface area contributed by atoms with Crippen LogP contribution in [-0.2, 0) is 11.2 Å². The molecule has 0 aliphatic carbocycles. The highest BCUT2D eigenvalue weighted by atomic mass is 79.9. The normalized spacial score (nSPS) is 12.4. The van der Waals surface area contributed by atoms with Gasteiger partial charge in [0.2, 0.25) is 0 Å². The van der Waals surface area contributed by atoms with Crippen LogP contribution in [0.1, 0.15) is 32.3 Å². The molecule has 0 aromatic heterocycles. The molecule has 1 unspecified atom stereocenters. The third-order valence-corrected chi connectivity index (χ3v) is 4.15. The second-order valence-corrected chi connectivity index (χ2v) is 6.25. The molecule has 3 nitrogen and oxygen atoms in total. The summed E-state index contributed by atoms with van der Waals surface area (Å²) < 4.78 is 11.7. The summed E-state index contributed by atoms with van der Waals surface area (Å²) in [7, 11) is 1.68. The van der Waals surface area contributed by atoms with Crippen molar-refractivity contribution >= 4 is 15.9 Å². The zero-order chi connectivity index (χ0) is 15.5. The Morgan fingerprint density at radius 2 is 2.05 bits per heavy atom. The topological polar surface area (TPSA) is 30.5 Å². The van der Waals surface area contributed by atoms with E-state index in [1.54, 1.807) is 7.11 Å². The van der Waals surface area contributed by atoms with Gasteiger partial charge >= 0.3 is 0 Å². The van der Waals surface area contributed by atoms with Gasteiger partial charge in [0.1, 0.15) is 12.4 Å². The Balaban J connectivity index is 2.37. The highest BCUT2D eigenvalue weighted by Crippen LogP contribution is 2.27. The molecular weight excluding hydrogens is 330 g/mol. The number of benzene rings is 1. The van der Waals surface area contributed by atoms with E-state index in [1.807, 2.05) is 6.07 Å². The lowest BCUT2D eigenvalue weighted by Gasteiger charge is -2.13. The van der Waals surface area contributed by atoms with Crippen LogP contribution in [0.3, 0.4) is 0 Å². The number of aryl methyl sites for hydroxylation is 1. The molecule has 1 atom stereocenters. The number of hydrogen-bond acceptors (Lipinski definition) is 3. The van der Waals surface area contributed by atoms with E-state index in [9.17, 15) is 0 Å². The van der Waals surface area contributed by atoms with E-state index in [0.29, 0.717) is 13.2 Å². The number of hydrogen-bond donors (Lipinski definition) is 1. The molecule has 0 saturated heterocycles. The van der Waals surface area contributed by atoms with Crippen LogP contribution in [0.2, 0.25) is 0 Å². The maximum absolute atomic E-state index is 5.64. The Bertz CT molecular complexity index is 398. The molecule has 0 aliphatic rings. The van der Waals surface area contributed by atoms with Crippen LogP contribution in [0.5, 0.6) is 5.75 Å². The smallest absolute Gasteiger partial charge is 0.133 e. The summed E-state index contributed by atoms with van der Waals surface area (Å²) in [4.78, 5) is 0. The highest BCUT2D eigenvalue weighted by molar-refractivity contribution is 9.10. The maximum atomic E-state index is 5.64. The first-order valence-corrected chi connectivity index (χ1v) is 8.57. The van der Waals surface area contributed by atoms with Gasteiger partial charge in [-0.15, -0.1) is 0 Å². The van der Waals surface area contributed by atoms with E-state index in [0.717, 1.165) is 35.7 Å². The van der Waals surface area contributed by atoms with E-state index in [1.165, 1.54) is 18.4 Å². The van der Waals surface area contributed by atoms with Gasteiger partial charge in [-0.05, 0) is 71.9 Å². The van der Waals surface area contributed by atoms with Gasteiger partial charge in [-0.3, -0.25) is 0 Å². The summed E-state index contributed by atoms with van der Waals surface area (Å²) in [5.74, 6) is 1.64. The molecule has 0 fully saturated rings. The molecule has 0 bridgehead atoms. The summed E-state index contributed by atoms with van der Waals surface area (Å²) in [6.07, 6.45) is 3.58. The summed E-state index contributed by atoms with van der Waals surface area (Å²) in [5.41, 5.74) is 1.36. The van der Waals surface area contributed by atoms with Crippen molar-refractivity contribution in [3.63, 3.8) is 0 Å². The van der Waals surface area contributed by atoms with Crippen molar-refractivity contribution in [3.05, 3.63) is 28.2 Å². The summed E-state index contributed by atoms with van der Waals surface area (Å²) in [6.45, 7) is 7.85. The van der Waals surface area contributed by atoms with Crippen molar-refractivity contribution in [1.82, 2.24) is 5.32 Å². The van der Waals surface area contributed by atoms with Crippen LogP contribution < -0.4 is 10.1 Å². The fraction of sp³-hybridized carbons (Fsp3) is 0.647. The van der Waals surface area contributed by atoms with Crippen molar-refractivity contribution in [1.29, 1.82) is 0 Å². The van der Waals surface area contributed by atoms with E-state index in [2.05, 4.69) is 47.2 Å². The summed E-state index contributed by atoms with van der Waals surface area (Å²) in [5, 5.41) is 3.38. The van der Waals surface area contributed by atoms with Crippen LogP contribution in [-0.4, -0.2) is 33.4 Å². The molecule has 0 radical (unpaired) electrons. The molecular formula is C17H28BrNO2. The van der Waals surface area contributed by atoms with Crippen LogP contribution in [0.15, 0.2) is 22.7 Å². The number of ether oxygens (including phenoxy) is 2. The Hall–Kier alpha value is -0.580. The van der Waals surface area contributed by atoms with Crippen molar-refractivity contribution in [3.8, 4) is 5.75 Å². The van der Waals surface area contributed by atoms with Gasteiger partial charge in [-0.1, -0.05) is 19.9 Å². The van der Waals surface area contributed by atoms with Gasteiger partial charge in [0.15, 0.2) is 0 Å². The lowest BCUT2D eigenvalue weighted by Crippen LogP contribution is -2.16. The molecule has 1 aromatic rings. The summed E-state index contributed by atoms with van der Waals surface area (Å²) >= 11 is 3.58. The standard InChI is InChI=1S/C17H28BrNO2/c1-4-19-10-9-14(2)5-6-15-7-8-17(16(18)13-15)21-12-11-20-3/h7-8,13-14,19H,4-6,9-12H2,1-3H3. The minimum absolute atomic E-state index is 0.579. The van der Waals surface area contributed by atoms with E-state index < -0.39 is 0 Å². The first kappa shape index (κ1) is 18.5.